The lowest BCUT2D eigenvalue weighted by atomic mass is 10.2. The monoisotopic (exact) mass is 298 g/mol. The van der Waals surface area contributed by atoms with E-state index in [0.29, 0.717) is 17.5 Å². The van der Waals surface area contributed by atoms with Gasteiger partial charge in [0.05, 0.1) is 17.7 Å². The summed E-state index contributed by atoms with van der Waals surface area (Å²) in [7, 11) is 0. The molecule has 0 aromatic heterocycles. The SMILES string of the molecule is CC(CCOC(=O)c1ccccc1)OC(=O)c1ccccc1. The fourth-order valence-electron chi connectivity index (χ4n) is 1.86. The van der Waals surface area contributed by atoms with E-state index in [-0.39, 0.29) is 24.6 Å². The van der Waals surface area contributed by atoms with Gasteiger partial charge in [-0.25, -0.2) is 9.59 Å². The lowest BCUT2D eigenvalue weighted by Gasteiger charge is -2.13. The Morgan fingerprint density at radius 1 is 0.864 bits per heavy atom. The molecule has 4 heteroatoms. The van der Waals surface area contributed by atoms with Crippen LogP contribution >= 0.6 is 0 Å². The molecule has 22 heavy (non-hydrogen) atoms. The smallest absolute Gasteiger partial charge is 0.338 e. The number of ether oxygens (including phenoxy) is 2. The van der Waals surface area contributed by atoms with Crippen LogP contribution in [0.5, 0.6) is 0 Å². The minimum Gasteiger partial charge on any atom is -0.462 e. The van der Waals surface area contributed by atoms with Gasteiger partial charge in [-0.3, -0.25) is 0 Å². The van der Waals surface area contributed by atoms with E-state index in [1.807, 2.05) is 12.1 Å². The zero-order valence-corrected chi connectivity index (χ0v) is 12.4. The van der Waals surface area contributed by atoms with Gasteiger partial charge in [0.15, 0.2) is 0 Å². The van der Waals surface area contributed by atoms with Crippen molar-refractivity contribution in [1.82, 2.24) is 0 Å². The minimum atomic E-state index is -0.373. The Morgan fingerprint density at radius 3 is 1.91 bits per heavy atom. The van der Waals surface area contributed by atoms with E-state index in [4.69, 9.17) is 9.47 Å². The first-order chi connectivity index (χ1) is 10.7. The van der Waals surface area contributed by atoms with Crippen LogP contribution in [-0.2, 0) is 9.47 Å². The van der Waals surface area contributed by atoms with E-state index >= 15 is 0 Å². The molecule has 2 rings (SSSR count). The molecule has 0 saturated heterocycles. The predicted molar refractivity (Wildman–Crippen MR) is 82.7 cm³/mol. The molecule has 114 valence electrons. The molecule has 0 radical (unpaired) electrons. The summed E-state index contributed by atoms with van der Waals surface area (Å²) in [5, 5.41) is 0. The second kappa shape index (κ2) is 7.98. The largest absolute Gasteiger partial charge is 0.462 e. The molecule has 2 aromatic carbocycles. The average Bonchev–Trinajstić information content (AvgIpc) is 2.56. The number of rotatable bonds is 6. The van der Waals surface area contributed by atoms with Crippen molar-refractivity contribution >= 4 is 11.9 Å². The van der Waals surface area contributed by atoms with Crippen molar-refractivity contribution in [3.63, 3.8) is 0 Å². The van der Waals surface area contributed by atoms with Crippen molar-refractivity contribution < 1.29 is 19.1 Å². The van der Waals surface area contributed by atoms with Crippen LogP contribution in [0.2, 0.25) is 0 Å². The van der Waals surface area contributed by atoms with Gasteiger partial charge < -0.3 is 9.47 Å². The fourth-order valence-corrected chi connectivity index (χ4v) is 1.86. The number of carbonyl (C=O) groups is 2. The van der Waals surface area contributed by atoms with Gasteiger partial charge in [0, 0.05) is 6.42 Å². The average molecular weight is 298 g/mol. The normalized spacial score (nSPS) is 11.5. The Labute approximate surface area is 129 Å². The maximum absolute atomic E-state index is 11.8. The van der Waals surface area contributed by atoms with E-state index in [9.17, 15) is 9.59 Å². The Kier molecular flexibility index (Phi) is 5.72. The third kappa shape index (κ3) is 4.74. The van der Waals surface area contributed by atoms with Crippen LogP contribution in [0, 0.1) is 0 Å². The third-order valence-electron chi connectivity index (χ3n) is 3.08. The highest BCUT2D eigenvalue weighted by Gasteiger charge is 2.13. The van der Waals surface area contributed by atoms with Crippen molar-refractivity contribution in [3.8, 4) is 0 Å². The zero-order valence-electron chi connectivity index (χ0n) is 12.4. The lowest BCUT2D eigenvalue weighted by Crippen LogP contribution is -2.18. The molecule has 0 bridgehead atoms. The summed E-state index contributed by atoms with van der Waals surface area (Å²) in [6.45, 7) is 1.98. The standard InChI is InChI=1S/C18H18O4/c1-14(22-18(20)16-10-6-3-7-11-16)12-13-21-17(19)15-8-4-2-5-9-15/h2-11,14H,12-13H2,1H3. The third-order valence-corrected chi connectivity index (χ3v) is 3.08. The van der Waals surface area contributed by atoms with E-state index in [0.717, 1.165) is 0 Å². The van der Waals surface area contributed by atoms with Crippen LogP contribution < -0.4 is 0 Å². The maximum Gasteiger partial charge on any atom is 0.338 e. The molecule has 0 aliphatic carbocycles. The van der Waals surface area contributed by atoms with E-state index < -0.39 is 0 Å². The van der Waals surface area contributed by atoms with Crippen molar-refractivity contribution in [3.05, 3.63) is 71.8 Å². The first kappa shape index (κ1) is 15.8. The molecule has 0 aliphatic rings. The van der Waals surface area contributed by atoms with Crippen molar-refractivity contribution in [1.29, 1.82) is 0 Å². The van der Waals surface area contributed by atoms with Gasteiger partial charge in [0.1, 0.15) is 6.10 Å². The highest BCUT2D eigenvalue weighted by atomic mass is 16.6. The van der Waals surface area contributed by atoms with Gasteiger partial charge in [0.25, 0.3) is 0 Å². The van der Waals surface area contributed by atoms with Gasteiger partial charge >= 0.3 is 11.9 Å². The lowest BCUT2D eigenvalue weighted by molar-refractivity contribution is 0.0229. The molecule has 0 amide bonds. The summed E-state index contributed by atoms with van der Waals surface area (Å²) in [6.07, 6.45) is 0.133. The number of hydrogen-bond acceptors (Lipinski definition) is 4. The quantitative estimate of drug-likeness (QED) is 0.766. The van der Waals surface area contributed by atoms with E-state index in [2.05, 4.69) is 0 Å². The molecule has 0 heterocycles. The minimum absolute atomic E-state index is 0.205. The first-order valence-electron chi connectivity index (χ1n) is 7.15. The highest BCUT2D eigenvalue weighted by molar-refractivity contribution is 5.89. The molecule has 1 atom stereocenters. The van der Waals surface area contributed by atoms with E-state index in [1.54, 1.807) is 55.5 Å². The molecular formula is C18H18O4. The number of benzene rings is 2. The van der Waals surface area contributed by atoms with Crippen LogP contribution in [0.3, 0.4) is 0 Å². The fraction of sp³-hybridized carbons (Fsp3) is 0.222. The van der Waals surface area contributed by atoms with Crippen LogP contribution in [0.1, 0.15) is 34.1 Å². The molecule has 1 unspecified atom stereocenters. The summed E-state index contributed by atoms with van der Waals surface area (Å²) in [5.74, 6) is -0.746. The molecule has 0 fully saturated rings. The molecule has 4 nitrogen and oxygen atoms in total. The molecular weight excluding hydrogens is 280 g/mol. The highest BCUT2D eigenvalue weighted by Crippen LogP contribution is 2.07. The van der Waals surface area contributed by atoms with Gasteiger partial charge in [0.2, 0.25) is 0 Å². The van der Waals surface area contributed by atoms with Crippen molar-refractivity contribution in [2.24, 2.45) is 0 Å². The van der Waals surface area contributed by atoms with Gasteiger partial charge in [-0.1, -0.05) is 36.4 Å². The summed E-state index contributed by atoms with van der Waals surface area (Å²) in [5.41, 5.74) is 1.02. The number of carbonyl (C=O) groups excluding carboxylic acids is 2. The second-order valence-electron chi connectivity index (χ2n) is 4.87. The molecule has 2 aromatic rings. The van der Waals surface area contributed by atoms with Crippen molar-refractivity contribution in [2.45, 2.75) is 19.4 Å². The Bertz CT molecular complexity index is 607. The molecule has 0 aliphatic heterocycles. The summed E-state index contributed by atoms with van der Waals surface area (Å²) < 4.78 is 10.4. The number of esters is 2. The van der Waals surface area contributed by atoms with Crippen LogP contribution in [0.25, 0.3) is 0 Å². The second-order valence-corrected chi connectivity index (χ2v) is 4.87. The van der Waals surface area contributed by atoms with E-state index in [1.165, 1.54) is 0 Å². The molecule has 0 spiro atoms. The number of hydrogen-bond donors (Lipinski definition) is 0. The van der Waals surface area contributed by atoms with Crippen LogP contribution in [0.4, 0.5) is 0 Å². The Hall–Kier alpha value is -2.62. The van der Waals surface area contributed by atoms with Crippen molar-refractivity contribution in [2.75, 3.05) is 6.61 Å². The summed E-state index contributed by atoms with van der Waals surface area (Å²) in [6, 6.07) is 17.6. The Morgan fingerprint density at radius 2 is 1.36 bits per heavy atom. The van der Waals surface area contributed by atoms with Crippen LogP contribution in [-0.4, -0.2) is 24.6 Å². The summed E-state index contributed by atoms with van der Waals surface area (Å²) >= 11 is 0. The first-order valence-corrected chi connectivity index (χ1v) is 7.15. The Balaban J connectivity index is 1.73. The maximum atomic E-state index is 11.8. The van der Waals surface area contributed by atoms with Gasteiger partial charge in [-0.2, -0.15) is 0 Å². The molecule has 0 saturated carbocycles. The van der Waals surface area contributed by atoms with Gasteiger partial charge in [-0.15, -0.1) is 0 Å². The summed E-state index contributed by atoms with van der Waals surface area (Å²) in [4.78, 5) is 23.6. The zero-order chi connectivity index (χ0) is 15.8. The van der Waals surface area contributed by atoms with Gasteiger partial charge in [-0.05, 0) is 31.2 Å². The van der Waals surface area contributed by atoms with Crippen LogP contribution in [0.15, 0.2) is 60.7 Å². The topological polar surface area (TPSA) is 52.6 Å². The molecule has 0 N–H and O–H groups in total. The predicted octanol–water partition coefficient (Wildman–Crippen LogP) is 3.48.